The van der Waals surface area contributed by atoms with E-state index >= 15 is 0 Å². The zero-order chi connectivity index (χ0) is 19.3. The summed E-state index contributed by atoms with van der Waals surface area (Å²) in [4.78, 5) is 4.69. The Bertz CT molecular complexity index is 902. The van der Waals surface area contributed by atoms with E-state index < -0.39 is 0 Å². The highest BCUT2D eigenvalue weighted by molar-refractivity contribution is 5.79. The van der Waals surface area contributed by atoms with Crippen LogP contribution in [-0.4, -0.2) is 27.1 Å². The van der Waals surface area contributed by atoms with Gasteiger partial charge in [-0.3, -0.25) is 4.40 Å². The molecule has 0 atom stereocenters. The van der Waals surface area contributed by atoms with Crippen LogP contribution in [0.2, 0.25) is 0 Å². The van der Waals surface area contributed by atoms with Crippen LogP contribution in [0.25, 0.3) is 5.65 Å². The number of aliphatic imine (C=N–C) groups is 1. The van der Waals surface area contributed by atoms with Gasteiger partial charge < -0.3 is 10.6 Å². The fourth-order valence-electron chi connectivity index (χ4n) is 2.80. The lowest BCUT2D eigenvalue weighted by Gasteiger charge is -2.19. The van der Waals surface area contributed by atoms with E-state index in [-0.39, 0.29) is 5.41 Å². The Morgan fingerprint density at radius 2 is 1.81 bits per heavy atom. The molecule has 0 saturated carbocycles. The van der Waals surface area contributed by atoms with Crippen LogP contribution in [-0.2, 0) is 18.5 Å². The molecule has 0 aliphatic carbocycles. The highest BCUT2D eigenvalue weighted by Crippen LogP contribution is 2.22. The van der Waals surface area contributed by atoms with Gasteiger partial charge in [-0.05, 0) is 35.6 Å². The third kappa shape index (κ3) is 4.84. The Hall–Kier alpha value is -2.89. The molecule has 0 spiro atoms. The van der Waals surface area contributed by atoms with E-state index in [0.717, 1.165) is 24.0 Å². The second-order valence-corrected chi connectivity index (χ2v) is 7.54. The number of guanidine groups is 1. The summed E-state index contributed by atoms with van der Waals surface area (Å²) in [6.45, 7) is 10.7. The van der Waals surface area contributed by atoms with Crippen LogP contribution in [0.15, 0.2) is 53.7 Å². The Morgan fingerprint density at radius 1 is 1.04 bits per heavy atom. The highest BCUT2D eigenvalue weighted by Gasteiger charge is 2.12. The Balaban J connectivity index is 1.66. The van der Waals surface area contributed by atoms with Crippen LogP contribution < -0.4 is 10.6 Å². The van der Waals surface area contributed by atoms with Crippen LogP contribution in [0.1, 0.15) is 44.6 Å². The average molecular weight is 364 g/mol. The maximum absolute atomic E-state index is 4.69. The number of hydrogen-bond acceptors (Lipinski definition) is 3. The van der Waals surface area contributed by atoms with Crippen molar-refractivity contribution in [1.29, 1.82) is 0 Å². The highest BCUT2D eigenvalue weighted by atomic mass is 15.3. The first-order valence-corrected chi connectivity index (χ1v) is 9.37. The number of nitrogens with zero attached hydrogens (tertiary/aromatic N) is 4. The molecule has 0 bridgehead atoms. The van der Waals surface area contributed by atoms with Gasteiger partial charge in [0.2, 0.25) is 0 Å². The van der Waals surface area contributed by atoms with E-state index in [2.05, 4.69) is 72.8 Å². The second-order valence-electron chi connectivity index (χ2n) is 7.54. The largest absolute Gasteiger partial charge is 0.357 e. The van der Waals surface area contributed by atoms with Crippen LogP contribution >= 0.6 is 0 Å². The van der Waals surface area contributed by atoms with Gasteiger partial charge in [0.1, 0.15) is 0 Å². The maximum atomic E-state index is 4.69. The summed E-state index contributed by atoms with van der Waals surface area (Å²) in [7, 11) is 0. The summed E-state index contributed by atoms with van der Waals surface area (Å²) >= 11 is 0. The van der Waals surface area contributed by atoms with Crippen molar-refractivity contribution < 1.29 is 0 Å². The predicted molar refractivity (Wildman–Crippen MR) is 110 cm³/mol. The van der Waals surface area contributed by atoms with Crippen LogP contribution in [0, 0.1) is 0 Å². The molecule has 0 saturated heterocycles. The lowest BCUT2D eigenvalue weighted by Crippen LogP contribution is -2.37. The van der Waals surface area contributed by atoms with Gasteiger partial charge in [-0.1, -0.05) is 51.1 Å². The number of aromatic nitrogens is 3. The summed E-state index contributed by atoms with van der Waals surface area (Å²) in [5, 5.41) is 15.0. The normalized spacial score (nSPS) is 12.4. The molecule has 0 amide bonds. The van der Waals surface area contributed by atoms with Gasteiger partial charge in [0.05, 0.1) is 13.1 Å². The maximum Gasteiger partial charge on any atom is 0.191 e. The summed E-state index contributed by atoms with van der Waals surface area (Å²) < 4.78 is 1.97. The average Bonchev–Trinajstić information content (AvgIpc) is 3.07. The van der Waals surface area contributed by atoms with Crippen LogP contribution in [0.3, 0.4) is 0 Å². The lowest BCUT2D eigenvalue weighted by atomic mass is 9.87. The van der Waals surface area contributed by atoms with E-state index in [0.29, 0.717) is 13.1 Å². The minimum atomic E-state index is 0.166. The molecule has 1 aromatic carbocycles. The van der Waals surface area contributed by atoms with Gasteiger partial charge in [-0.15, -0.1) is 10.2 Å². The fourth-order valence-corrected chi connectivity index (χ4v) is 2.80. The summed E-state index contributed by atoms with van der Waals surface area (Å²) in [5.74, 6) is 1.62. The Morgan fingerprint density at radius 3 is 2.52 bits per heavy atom. The Kier molecular flexibility index (Phi) is 5.74. The molecule has 2 heterocycles. The van der Waals surface area contributed by atoms with Gasteiger partial charge in [0.15, 0.2) is 17.4 Å². The monoisotopic (exact) mass is 364 g/mol. The van der Waals surface area contributed by atoms with Crippen LogP contribution in [0.5, 0.6) is 0 Å². The van der Waals surface area contributed by atoms with Crippen molar-refractivity contribution in [2.75, 3.05) is 6.54 Å². The van der Waals surface area contributed by atoms with Gasteiger partial charge >= 0.3 is 0 Å². The molecule has 2 aromatic heterocycles. The first kappa shape index (κ1) is 18.9. The first-order valence-electron chi connectivity index (χ1n) is 9.37. The smallest absolute Gasteiger partial charge is 0.191 e. The molecule has 6 nitrogen and oxygen atoms in total. The van der Waals surface area contributed by atoms with Crippen molar-refractivity contribution in [3.8, 4) is 0 Å². The quantitative estimate of drug-likeness (QED) is 0.539. The minimum absolute atomic E-state index is 0.166. The number of fused-ring (bicyclic) bond motifs is 1. The third-order valence-electron chi connectivity index (χ3n) is 4.38. The Labute approximate surface area is 160 Å². The summed E-state index contributed by atoms with van der Waals surface area (Å²) in [5.41, 5.74) is 3.53. The molecule has 0 aliphatic heterocycles. The van der Waals surface area contributed by atoms with Crippen molar-refractivity contribution in [2.45, 2.75) is 46.2 Å². The number of nitrogens with one attached hydrogen (secondary N) is 2. The predicted octanol–water partition coefficient (Wildman–Crippen LogP) is 3.28. The van der Waals surface area contributed by atoms with Gasteiger partial charge in [0.25, 0.3) is 0 Å². The SMILES string of the molecule is CCNC(=NCc1ccc(C(C)(C)C)cc1)NCc1nnc2ccccn12. The topological polar surface area (TPSA) is 66.6 Å². The number of rotatable bonds is 5. The molecule has 142 valence electrons. The zero-order valence-electron chi connectivity index (χ0n) is 16.5. The van der Waals surface area contributed by atoms with E-state index in [1.54, 1.807) is 0 Å². The second kappa shape index (κ2) is 8.20. The molecule has 2 N–H and O–H groups in total. The zero-order valence-corrected chi connectivity index (χ0v) is 16.5. The van der Waals surface area contributed by atoms with Gasteiger partial charge in [-0.2, -0.15) is 0 Å². The summed E-state index contributed by atoms with van der Waals surface area (Å²) in [6, 6.07) is 14.6. The van der Waals surface area contributed by atoms with E-state index in [1.807, 2.05) is 28.8 Å². The molecule has 3 aromatic rings. The van der Waals surface area contributed by atoms with Crippen molar-refractivity contribution in [3.63, 3.8) is 0 Å². The standard InChI is InChI=1S/C21H28N6/c1-5-22-20(23-14-16-9-11-17(12-10-16)21(2,3)4)24-15-19-26-25-18-8-6-7-13-27(18)19/h6-13H,5,14-15H2,1-4H3,(H2,22,23,24). The number of hydrogen-bond donors (Lipinski definition) is 2. The number of pyridine rings is 1. The molecule has 0 radical (unpaired) electrons. The number of benzene rings is 1. The van der Waals surface area contributed by atoms with Crippen molar-refractivity contribution in [3.05, 3.63) is 65.6 Å². The van der Waals surface area contributed by atoms with Crippen molar-refractivity contribution >= 4 is 11.6 Å². The molecular formula is C21H28N6. The lowest BCUT2D eigenvalue weighted by molar-refractivity contribution is 0.590. The van der Waals surface area contributed by atoms with E-state index in [1.165, 1.54) is 11.1 Å². The van der Waals surface area contributed by atoms with Gasteiger partial charge in [-0.25, -0.2) is 4.99 Å². The molecule has 0 unspecified atom stereocenters. The summed E-state index contributed by atoms with van der Waals surface area (Å²) in [6.07, 6.45) is 1.97. The first-order chi connectivity index (χ1) is 13.0. The molecule has 6 heteroatoms. The fraction of sp³-hybridized carbons (Fsp3) is 0.381. The van der Waals surface area contributed by atoms with Gasteiger partial charge in [0, 0.05) is 12.7 Å². The van der Waals surface area contributed by atoms with E-state index in [4.69, 9.17) is 4.99 Å². The third-order valence-corrected chi connectivity index (χ3v) is 4.38. The molecule has 3 rings (SSSR count). The molecule has 27 heavy (non-hydrogen) atoms. The van der Waals surface area contributed by atoms with E-state index in [9.17, 15) is 0 Å². The molecule has 0 fully saturated rings. The minimum Gasteiger partial charge on any atom is -0.357 e. The van der Waals surface area contributed by atoms with Crippen molar-refractivity contribution in [1.82, 2.24) is 25.2 Å². The van der Waals surface area contributed by atoms with Crippen LogP contribution in [0.4, 0.5) is 0 Å². The van der Waals surface area contributed by atoms with Crippen molar-refractivity contribution in [2.24, 2.45) is 4.99 Å². The molecule has 0 aliphatic rings. The molecular weight excluding hydrogens is 336 g/mol.